The van der Waals surface area contributed by atoms with Crippen molar-refractivity contribution in [2.75, 3.05) is 32.8 Å². The molecular weight excluding hydrogens is 538 g/mol. The fraction of sp³-hybridized carbons (Fsp3) is 0.548. The molecule has 1 fully saturated rings. The summed E-state index contributed by atoms with van der Waals surface area (Å²) in [6.45, 7) is 12.6. The number of aromatic nitrogens is 2. The standard InChI is InChI=1S/C31H43N5O6/c1-7-41-30(40)36-17-15-35(16-18-36)29(39)24(13-14-26(37)42-31(4,5)6)34-28(38)25-20-23(19-21(2)3)32-27(33-25)22-11-9-8-10-12-22/h8-12,20-21,24H,7,13-19H2,1-6H3,(H,34,38). The Kier molecular flexibility index (Phi) is 11.4. The zero-order valence-corrected chi connectivity index (χ0v) is 25.5. The minimum absolute atomic E-state index is 0.0487. The van der Waals surface area contributed by atoms with Crippen LogP contribution in [0.1, 0.15) is 70.6 Å². The predicted molar refractivity (Wildman–Crippen MR) is 158 cm³/mol. The van der Waals surface area contributed by atoms with Crippen molar-refractivity contribution < 1.29 is 28.7 Å². The lowest BCUT2D eigenvalue weighted by molar-refractivity contribution is -0.155. The van der Waals surface area contributed by atoms with Gasteiger partial charge in [-0.2, -0.15) is 0 Å². The zero-order chi connectivity index (χ0) is 30.9. The highest BCUT2D eigenvalue weighted by atomic mass is 16.6. The van der Waals surface area contributed by atoms with Gasteiger partial charge < -0.3 is 24.6 Å². The molecule has 2 aromatic rings. The molecule has 1 aliphatic heterocycles. The van der Waals surface area contributed by atoms with Crippen LogP contribution >= 0.6 is 0 Å². The molecule has 1 aliphatic rings. The van der Waals surface area contributed by atoms with Gasteiger partial charge >= 0.3 is 12.1 Å². The Bertz CT molecular complexity index is 1240. The van der Waals surface area contributed by atoms with E-state index in [1.165, 1.54) is 0 Å². The smallest absolute Gasteiger partial charge is 0.409 e. The molecule has 42 heavy (non-hydrogen) atoms. The van der Waals surface area contributed by atoms with E-state index in [-0.39, 0.29) is 44.1 Å². The Morgan fingerprint density at radius 1 is 0.976 bits per heavy atom. The van der Waals surface area contributed by atoms with Crippen molar-refractivity contribution in [3.63, 3.8) is 0 Å². The molecule has 2 heterocycles. The third-order valence-corrected chi connectivity index (χ3v) is 6.44. The fourth-order valence-electron chi connectivity index (χ4n) is 4.54. The molecule has 1 unspecified atom stereocenters. The van der Waals surface area contributed by atoms with Gasteiger partial charge in [-0.05, 0) is 52.5 Å². The van der Waals surface area contributed by atoms with Gasteiger partial charge in [-0.15, -0.1) is 0 Å². The van der Waals surface area contributed by atoms with E-state index in [9.17, 15) is 19.2 Å². The van der Waals surface area contributed by atoms with E-state index < -0.39 is 29.6 Å². The molecule has 0 bridgehead atoms. The van der Waals surface area contributed by atoms with Crippen molar-refractivity contribution in [1.29, 1.82) is 0 Å². The number of benzene rings is 1. The second-order valence-electron chi connectivity index (χ2n) is 11.7. The number of hydrogen-bond donors (Lipinski definition) is 1. The lowest BCUT2D eigenvalue weighted by Gasteiger charge is -2.36. The Hall–Kier alpha value is -4.02. The van der Waals surface area contributed by atoms with Crippen LogP contribution in [0.3, 0.4) is 0 Å². The average molecular weight is 582 g/mol. The number of nitrogens with one attached hydrogen (secondary N) is 1. The number of carbonyl (C=O) groups is 4. The fourth-order valence-corrected chi connectivity index (χ4v) is 4.54. The third-order valence-electron chi connectivity index (χ3n) is 6.44. The summed E-state index contributed by atoms with van der Waals surface area (Å²) in [6.07, 6.45) is 0.213. The molecule has 11 nitrogen and oxygen atoms in total. The molecule has 0 aliphatic carbocycles. The van der Waals surface area contributed by atoms with Crippen molar-refractivity contribution in [3.05, 3.63) is 47.8 Å². The van der Waals surface area contributed by atoms with Crippen molar-refractivity contribution in [3.8, 4) is 11.4 Å². The molecule has 3 rings (SSSR count). The number of nitrogens with zero attached hydrogens (tertiary/aromatic N) is 4. The second kappa shape index (κ2) is 14.7. The van der Waals surface area contributed by atoms with Crippen molar-refractivity contribution in [2.24, 2.45) is 5.92 Å². The van der Waals surface area contributed by atoms with Crippen LogP contribution < -0.4 is 5.32 Å². The van der Waals surface area contributed by atoms with Gasteiger partial charge in [-0.25, -0.2) is 14.8 Å². The number of carbonyl (C=O) groups excluding carboxylic acids is 4. The second-order valence-corrected chi connectivity index (χ2v) is 11.7. The van der Waals surface area contributed by atoms with Crippen molar-refractivity contribution in [2.45, 2.75) is 72.4 Å². The summed E-state index contributed by atoms with van der Waals surface area (Å²) >= 11 is 0. The van der Waals surface area contributed by atoms with Crippen molar-refractivity contribution >= 4 is 23.9 Å². The maximum atomic E-state index is 13.7. The minimum atomic E-state index is -0.997. The summed E-state index contributed by atoms with van der Waals surface area (Å²) in [7, 11) is 0. The Balaban J connectivity index is 1.82. The van der Waals surface area contributed by atoms with E-state index in [0.717, 1.165) is 11.3 Å². The van der Waals surface area contributed by atoms with E-state index >= 15 is 0 Å². The van der Waals surface area contributed by atoms with E-state index in [4.69, 9.17) is 9.47 Å². The van der Waals surface area contributed by atoms with Crippen LogP contribution in [0.25, 0.3) is 11.4 Å². The summed E-state index contributed by atoms with van der Waals surface area (Å²) in [5.41, 5.74) is 0.955. The highest BCUT2D eigenvalue weighted by Crippen LogP contribution is 2.18. The van der Waals surface area contributed by atoms with Gasteiger partial charge in [0.1, 0.15) is 17.3 Å². The number of rotatable bonds is 10. The molecule has 1 aromatic carbocycles. The maximum Gasteiger partial charge on any atom is 0.409 e. The molecule has 0 saturated carbocycles. The minimum Gasteiger partial charge on any atom is -0.460 e. The average Bonchev–Trinajstić information content (AvgIpc) is 2.94. The topological polar surface area (TPSA) is 131 Å². The van der Waals surface area contributed by atoms with Gasteiger partial charge in [0.05, 0.1) is 6.61 Å². The molecule has 1 N–H and O–H groups in total. The number of hydrogen-bond acceptors (Lipinski definition) is 8. The van der Waals surface area contributed by atoms with E-state index in [1.54, 1.807) is 43.6 Å². The molecule has 228 valence electrons. The summed E-state index contributed by atoms with van der Waals surface area (Å²) in [5.74, 6) is -0.613. The van der Waals surface area contributed by atoms with Crippen LogP contribution in [0.15, 0.2) is 36.4 Å². The normalized spacial score (nSPS) is 14.4. The first-order valence-corrected chi connectivity index (χ1v) is 14.5. The maximum absolute atomic E-state index is 13.7. The van der Waals surface area contributed by atoms with Crippen LogP contribution in [0.2, 0.25) is 0 Å². The van der Waals surface area contributed by atoms with Gasteiger partial charge in [-0.1, -0.05) is 44.2 Å². The van der Waals surface area contributed by atoms with Gasteiger partial charge in [0, 0.05) is 43.9 Å². The van der Waals surface area contributed by atoms with Crippen LogP contribution in [-0.2, 0) is 25.5 Å². The molecule has 1 aromatic heterocycles. The number of ether oxygens (including phenoxy) is 2. The third kappa shape index (κ3) is 9.81. The first-order chi connectivity index (χ1) is 19.9. The predicted octanol–water partition coefficient (Wildman–Crippen LogP) is 3.86. The van der Waals surface area contributed by atoms with Gasteiger partial charge in [0.2, 0.25) is 5.91 Å². The monoisotopic (exact) mass is 581 g/mol. The molecular formula is C31H43N5O6. The molecule has 0 radical (unpaired) electrons. The summed E-state index contributed by atoms with van der Waals surface area (Å²) < 4.78 is 10.5. The number of piperazine rings is 1. The molecule has 1 saturated heterocycles. The quantitative estimate of drug-likeness (QED) is 0.419. The number of esters is 1. The summed E-state index contributed by atoms with van der Waals surface area (Å²) in [6, 6.07) is 10.0. The van der Waals surface area contributed by atoms with Crippen molar-refractivity contribution in [1.82, 2.24) is 25.1 Å². The van der Waals surface area contributed by atoms with Crippen LogP contribution in [-0.4, -0.2) is 88.1 Å². The van der Waals surface area contributed by atoms with Crippen LogP contribution in [0.4, 0.5) is 4.79 Å². The summed E-state index contributed by atoms with van der Waals surface area (Å²) in [4.78, 5) is 64.2. The first kappa shape index (κ1) is 32.5. The highest BCUT2D eigenvalue weighted by molar-refractivity contribution is 5.96. The van der Waals surface area contributed by atoms with E-state index in [2.05, 4.69) is 29.1 Å². The van der Waals surface area contributed by atoms with Crippen LogP contribution in [0.5, 0.6) is 0 Å². The zero-order valence-electron chi connectivity index (χ0n) is 25.5. The first-order valence-electron chi connectivity index (χ1n) is 14.5. The SMILES string of the molecule is CCOC(=O)N1CCN(C(=O)C(CCC(=O)OC(C)(C)C)NC(=O)c2cc(CC(C)C)nc(-c3ccccc3)n2)CC1. The van der Waals surface area contributed by atoms with Crippen LogP contribution in [0, 0.1) is 5.92 Å². The molecule has 0 spiro atoms. The van der Waals surface area contributed by atoms with Gasteiger partial charge in [0.15, 0.2) is 5.82 Å². The molecule has 11 heteroatoms. The van der Waals surface area contributed by atoms with E-state index in [1.807, 2.05) is 30.3 Å². The Labute approximate surface area is 248 Å². The molecule has 3 amide bonds. The van der Waals surface area contributed by atoms with Gasteiger partial charge in [-0.3, -0.25) is 14.4 Å². The largest absolute Gasteiger partial charge is 0.460 e. The Morgan fingerprint density at radius 3 is 2.21 bits per heavy atom. The van der Waals surface area contributed by atoms with Gasteiger partial charge in [0.25, 0.3) is 5.91 Å². The highest BCUT2D eigenvalue weighted by Gasteiger charge is 2.32. The lowest BCUT2D eigenvalue weighted by Crippen LogP contribution is -2.56. The Morgan fingerprint density at radius 2 is 1.62 bits per heavy atom. The van der Waals surface area contributed by atoms with E-state index in [0.29, 0.717) is 31.3 Å². The number of amides is 3. The summed E-state index contributed by atoms with van der Waals surface area (Å²) in [5, 5.41) is 2.83. The molecule has 1 atom stereocenters. The lowest BCUT2D eigenvalue weighted by atomic mass is 10.1.